The lowest BCUT2D eigenvalue weighted by Gasteiger charge is -2.36. The maximum absolute atomic E-state index is 13.1. The van der Waals surface area contributed by atoms with Crippen LogP contribution in [0.15, 0.2) is 72.8 Å². The van der Waals surface area contributed by atoms with Gasteiger partial charge < -0.3 is 19.3 Å². The first-order valence-corrected chi connectivity index (χ1v) is 10.7. The summed E-state index contributed by atoms with van der Waals surface area (Å²) in [5.74, 6) is 1.30. The van der Waals surface area contributed by atoms with Crippen molar-refractivity contribution in [2.24, 2.45) is 0 Å². The number of amides is 1. The van der Waals surface area contributed by atoms with Crippen molar-refractivity contribution >= 4 is 23.2 Å². The van der Waals surface area contributed by atoms with Crippen molar-refractivity contribution in [1.29, 1.82) is 0 Å². The normalized spacial score (nSPS) is 13.7. The van der Waals surface area contributed by atoms with Gasteiger partial charge in [0.15, 0.2) is 0 Å². The van der Waals surface area contributed by atoms with Crippen LogP contribution >= 0.6 is 11.6 Å². The van der Waals surface area contributed by atoms with Crippen molar-refractivity contribution < 1.29 is 14.3 Å². The van der Waals surface area contributed by atoms with Crippen molar-refractivity contribution in [2.75, 3.05) is 38.2 Å². The molecule has 6 heteroatoms. The van der Waals surface area contributed by atoms with Gasteiger partial charge in [-0.15, -0.1) is 0 Å². The summed E-state index contributed by atoms with van der Waals surface area (Å²) in [6.07, 6.45) is 0. The Hall–Kier alpha value is -3.18. The lowest BCUT2D eigenvalue weighted by atomic mass is 10.1. The van der Waals surface area contributed by atoms with Gasteiger partial charge in [-0.3, -0.25) is 4.79 Å². The van der Waals surface area contributed by atoms with E-state index in [1.807, 2.05) is 59.5 Å². The highest BCUT2D eigenvalue weighted by molar-refractivity contribution is 6.32. The van der Waals surface area contributed by atoms with Gasteiger partial charge in [0.2, 0.25) is 0 Å². The maximum Gasteiger partial charge on any atom is 0.253 e. The highest BCUT2D eigenvalue weighted by Gasteiger charge is 2.23. The van der Waals surface area contributed by atoms with Gasteiger partial charge in [-0.25, -0.2) is 0 Å². The standard InChI is InChI=1S/C25H25ClN2O3/c1-30-23-12-11-19(17-20(23)18-31-24-10-6-5-9-22(24)26)25(29)28-15-13-27(14-16-28)21-7-3-2-4-8-21/h2-12,17H,13-16,18H2,1H3. The lowest BCUT2D eigenvalue weighted by molar-refractivity contribution is 0.0746. The number of para-hydroxylation sites is 2. The molecule has 1 saturated heterocycles. The van der Waals surface area contributed by atoms with Crippen molar-refractivity contribution in [2.45, 2.75) is 6.61 Å². The smallest absolute Gasteiger partial charge is 0.253 e. The van der Waals surface area contributed by atoms with Crippen LogP contribution in [-0.4, -0.2) is 44.1 Å². The summed E-state index contributed by atoms with van der Waals surface area (Å²) >= 11 is 6.18. The number of carbonyl (C=O) groups is 1. The second kappa shape index (κ2) is 9.75. The van der Waals surface area contributed by atoms with Crippen LogP contribution in [0.4, 0.5) is 5.69 Å². The summed E-state index contributed by atoms with van der Waals surface area (Å²) in [7, 11) is 1.61. The average Bonchev–Trinajstić information content (AvgIpc) is 2.83. The van der Waals surface area contributed by atoms with Gasteiger partial charge in [0.25, 0.3) is 5.91 Å². The van der Waals surface area contributed by atoms with Crippen LogP contribution in [0.2, 0.25) is 5.02 Å². The van der Waals surface area contributed by atoms with Gasteiger partial charge in [-0.1, -0.05) is 41.9 Å². The summed E-state index contributed by atoms with van der Waals surface area (Å²) in [5.41, 5.74) is 2.63. The van der Waals surface area contributed by atoms with Gasteiger partial charge >= 0.3 is 0 Å². The van der Waals surface area contributed by atoms with Crippen molar-refractivity contribution in [3.8, 4) is 11.5 Å². The number of hydrogen-bond donors (Lipinski definition) is 0. The summed E-state index contributed by atoms with van der Waals surface area (Å²) in [6, 6.07) is 23.1. The van der Waals surface area contributed by atoms with Crippen LogP contribution in [0, 0.1) is 0 Å². The molecule has 1 aliphatic rings. The molecule has 0 N–H and O–H groups in total. The highest BCUT2D eigenvalue weighted by atomic mass is 35.5. The van der Waals surface area contributed by atoms with Gasteiger partial charge in [0, 0.05) is 43.0 Å². The lowest BCUT2D eigenvalue weighted by Crippen LogP contribution is -2.48. The molecule has 0 aliphatic carbocycles. The second-order valence-corrected chi connectivity index (χ2v) is 7.77. The number of nitrogens with zero attached hydrogens (tertiary/aromatic N) is 2. The summed E-state index contributed by atoms with van der Waals surface area (Å²) in [6.45, 7) is 3.26. The van der Waals surface area contributed by atoms with E-state index in [9.17, 15) is 4.79 Å². The molecule has 5 nitrogen and oxygen atoms in total. The fourth-order valence-electron chi connectivity index (χ4n) is 3.73. The molecule has 0 bridgehead atoms. The Kier molecular flexibility index (Phi) is 6.63. The zero-order valence-corrected chi connectivity index (χ0v) is 18.2. The SMILES string of the molecule is COc1ccc(C(=O)N2CCN(c3ccccc3)CC2)cc1COc1ccccc1Cl. The minimum absolute atomic E-state index is 0.0226. The molecule has 0 spiro atoms. The molecule has 31 heavy (non-hydrogen) atoms. The first-order valence-electron chi connectivity index (χ1n) is 10.3. The largest absolute Gasteiger partial charge is 0.496 e. The molecule has 1 heterocycles. The minimum atomic E-state index is 0.0226. The number of benzene rings is 3. The molecule has 3 aromatic rings. The molecule has 0 unspecified atom stereocenters. The van der Waals surface area contributed by atoms with Crippen molar-refractivity contribution in [1.82, 2.24) is 4.90 Å². The molecule has 3 aromatic carbocycles. The fraction of sp³-hybridized carbons (Fsp3) is 0.240. The van der Waals surface area contributed by atoms with E-state index >= 15 is 0 Å². The monoisotopic (exact) mass is 436 g/mol. The molecule has 0 aromatic heterocycles. The van der Waals surface area contributed by atoms with Crippen LogP contribution in [0.1, 0.15) is 15.9 Å². The topological polar surface area (TPSA) is 42.0 Å². The quantitative estimate of drug-likeness (QED) is 0.551. The molecule has 1 amide bonds. The Morgan fingerprint density at radius 2 is 1.61 bits per heavy atom. The predicted molar refractivity (Wildman–Crippen MR) is 123 cm³/mol. The van der Waals surface area contributed by atoms with E-state index in [0.29, 0.717) is 35.2 Å². The van der Waals surface area contributed by atoms with Gasteiger partial charge in [-0.05, 0) is 42.5 Å². The van der Waals surface area contributed by atoms with Crippen molar-refractivity contribution in [3.05, 3.63) is 88.9 Å². The first-order chi connectivity index (χ1) is 15.2. The molecule has 0 saturated carbocycles. The molecular formula is C25H25ClN2O3. The van der Waals surface area contributed by atoms with E-state index in [4.69, 9.17) is 21.1 Å². The number of hydrogen-bond acceptors (Lipinski definition) is 4. The molecule has 0 atom stereocenters. The number of anilines is 1. The molecule has 1 fully saturated rings. The minimum Gasteiger partial charge on any atom is -0.496 e. The number of halogens is 1. The third-order valence-electron chi connectivity index (χ3n) is 5.44. The predicted octanol–water partition coefficient (Wildman–Crippen LogP) is 4.89. The number of carbonyl (C=O) groups excluding carboxylic acids is 1. The molecular weight excluding hydrogens is 412 g/mol. The van der Waals surface area contributed by atoms with Crippen molar-refractivity contribution in [3.63, 3.8) is 0 Å². The zero-order chi connectivity index (χ0) is 21.6. The Bertz CT molecular complexity index is 1030. The van der Waals surface area contributed by atoms with Crippen LogP contribution in [-0.2, 0) is 6.61 Å². The first kappa shape index (κ1) is 21.1. The van der Waals surface area contributed by atoms with E-state index in [2.05, 4.69) is 17.0 Å². The maximum atomic E-state index is 13.1. The highest BCUT2D eigenvalue weighted by Crippen LogP contribution is 2.27. The number of methoxy groups -OCH3 is 1. The second-order valence-electron chi connectivity index (χ2n) is 7.36. The van der Waals surface area contributed by atoms with E-state index in [-0.39, 0.29) is 12.5 Å². The zero-order valence-electron chi connectivity index (χ0n) is 17.5. The van der Waals surface area contributed by atoms with Gasteiger partial charge in [-0.2, -0.15) is 0 Å². The average molecular weight is 437 g/mol. The molecule has 0 radical (unpaired) electrons. The van der Waals surface area contributed by atoms with Crippen LogP contribution < -0.4 is 14.4 Å². The van der Waals surface area contributed by atoms with Gasteiger partial charge in [0.05, 0.1) is 12.1 Å². The molecule has 1 aliphatic heterocycles. The van der Waals surface area contributed by atoms with Crippen LogP contribution in [0.25, 0.3) is 0 Å². The van der Waals surface area contributed by atoms with E-state index < -0.39 is 0 Å². The Balaban J connectivity index is 1.44. The summed E-state index contributed by atoms with van der Waals surface area (Å²) in [5, 5.41) is 0.546. The van der Waals surface area contributed by atoms with Crippen LogP contribution in [0.5, 0.6) is 11.5 Å². The Morgan fingerprint density at radius 1 is 0.903 bits per heavy atom. The Morgan fingerprint density at radius 3 is 2.32 bits per heavy atom. The van der Waals surface area contributed by atoms with Crippen LogP contribution in [0.3, 0.4) is 0 Å². The number of rotatable bonds is 6. The van der Waals surface area contributed by atoms with Gasteiger partial charge in [0.1, 0.15) is 18.1 Å². The summed E-state index contributed by atoms with van der Waals surface area (Å²) < 4.78 is 11.3. The molecule has 4 rings (SSSR count). The fourth-order valence-corrected chi connectivity index (χ4v) is 3.92. The van der Waals surface area contributed by atoms with E-state index in [0.717, 1.165) is 18.7 Å². The molecule has 160 valence electrons. The van der Waals surface area contributed by atoms with E-state index in [1.54, 1.807) is 13.2 Å². The third-order valence-corrected chi connectivity index (χ3v) is 5.75. The van der Waals surface area contributed by atoms with E-state index in [1.165, 1.54) is 5.69 Å². The Labute approximate surface area is 187 Å². The summed E-state index contributed by atoms with van der Waals surface area (Å²) in [4.78, 5) is 17.3. The third kappa shape index (κ3) is 4.94. The number of ether oxygens (including phenoxy) is 2. The number of piperazine rings is 1.